The standard InChI is InChI=1S/2C34H38N4O4S/c2*1-7-38-29-18-17-27(22(2)31(29)36-37-38)30(34(4,5)33(39)42-20-24-11-9-8-10-12-24)32-35-28(23(3)43-32)21-41-19-25-13-15-26(40-6)16-14-25/h2*8-18,30H,7,19-21H2,1-6H3/t2*30-/m11/s1. The number of carbonyl (C=O) groups is 2. The van der Waals surface area contributed by atoms with E-state index in [1.807, 2.05) is 200 Å². The monoisotopic (exact) mass is 1200 g/mol. The van der Waals surface area contributed by atoms with Gasteiger partial charge in [-0.05, 0) is 150 Å². The number of methoxy groups -OCH3 is 2. The molecule has 18 heteroatoms. The Morgan fingerprint density at radius 1 is 0.477 bits per heavy atom. The Balaban J connectivity index is 0.000000205. The van der Waals surface area contributed by atoms with Crippen molar-refractivity contribution in [3.8, 4) is 11.5 Å². The van der Waals surface area contributed by atoms with Crippen LogP contribution in [-0.4, -0.2) is 66.1 Å². The van der Waals surface area contributed by atoms with E-state index in [1.165, 1.54) is 0 Å². The lowest BCUT2D eigenvalue weighted by Gasteiger charge is -2.32. The molecule has 0 unspecified atom stereocenters. The van der Waals surface area contributed by atoms with Gasteiger partial charge in [0.1, 0.15) is 45.8 Å². The van der Waals surface area contributed by atoms with Gasteiger partial charge in [-0.25, -0.2) is 19.3 Å². The van der Waals surface area contributed by atoms with Crippen molar-refractivity contribution in [1.29, 1.82) is 0 Å². The third-order valence-corrected chi connectivity index (χ3v) is 17.9. The van der Waals surface area contributed by atoms with Gasteiger partial charge in [-0.1, -0.05) is 107 Å². The summed E-state index contributed by atoms with van der Waals surface area (Å²) in [5, 5.41) is 19.3. The minimum Gasteiger partial charge on any atom is -0.497 e. The van der Waals surface area contributed by atoms with Crippen molar-refractivity contribution in [3.63, 3.8) is 0 Å². The quantitative estimate of drug-likeness (QED) is 0.0522. The van der Waals surface area contributed by atoms with E-state index in [1.54, 1.807) is 36.9 Å². The summed E-state index contributed by atoms with van der Waals surface area (Å²) >= 11 is 3.19. The summed E-state index contributed by atoms with van der Waals surface area (Å²) in [5.41, 5.74) is 11.4. The molecule has 0 N–H and O–H groups in total. The molecule has 86 heavy (non-hydrogen) atoms. The Kier molecular flexibility index (Phi) is 20.2. The van der Waals surface area contributed by atoms with Crippen LogP contribution in [0.1, 0.15) is 129 Å². The van der Waals surface area contributed by atoms with Crippen LogP contribution < -0.4 is 9.47 Å². The van der Waals surface area contributed by atoms with Gasteiger partial charge in [0.25, 0.3) is 0 Å². The molecule has 16 nitrogen and oxygen atoms in total. The molecule has 0 aliphatic carbocycles. The highest BCUT2D eigenvalue weighted by Crippen LogP contribution is 2.48. The van der Waals surface area contributed by atoms with Crippen molar-refractivity contribution in [1.82, 2.24) is 40.0 Å². The van der Waals surface area contributed by atoms with Crippen LogP contribution in [0.25, 0.3) is 22.1 Å². The lowest BCUT2D eigenvalue weighted by molar-refractivity contribution is -0.157. The zero-order chi connectivity index (χ0) is 61.1. The second kappa shape index (κ2) is 27.9. The number of carbonyl (C=O) groups excluding carboxylic acids is 2. The van der Waals surface area contributed by atoms with E-state index in [2.05, 4.69) is 32.8 Å². The van der Waals surface area contributed by atoms with Crippen LogP contribution in [0, 0.1) is 38.5 Å². The molecule has 0 saturated heterocycles. The highest BCUT2D eigenvalue weighted by molar-refractivity contribution is 7.12. The first-order chi connectivity index (χ1) is 41.4. The smallest absolute Gasteiger partial charge is 0.312 e. The maximum Gasteiger partial charge on any atom is 0.312 e. The predicted octanol–water partition coefficient (Wildman–Crippen LogP) is 14.3. The molecule has 0 saturated carbocycles. The number of thiazole rings is 2. The summed E-state index contributed by atoms with van der Waals surface area (Å²) in [7, 11) is 3.31. The Bertz CT molecular complexity index is 3640. The molecular formula is C68H76N8O8S2. The maximum atomic E-state index is 13.8. The molecule has 0 radical (unpaired) electrons. The van der Waals surface area contributed by atoms with Crippen LogP contribution in [0.5, 0.6) is 11.5 Å². The predicted molar refractivity (Wildman–Crippen MR) is 336 cm³/mol. The van der Waals surface area contributed by atoms with Crippen LogP contribution in [0.2, 0.25) is 0 Å². The lowest BCUT2D eigenvalue weighted by atomic mass is 9.73. The molecule has 0 fully saturated rings. The van der Waals surface area contributed by atoms with E-state index in [0.717, 1.165) is 122 Å². The normalized spacial score (nSPS) is 12.4. The van der Waals surface area contributed by atoms with Crippen LogP contribution in [0.15, 0.2) is 133 Å². The van der Waals surface area contributed by atoms with Crippen LogP contribution in [0.4, 0.5) is 0 Å². The third-order valence-electron chi connectivity index (χ3n) is 15.8. The number of ether oxygens (including phenoxy) is 6. The lowest BCUT2D eigenvalue weighted by Crippen LogP contribution is -2.34. The second-order valence-corrected chi connectivity index (χ2v) is 24.8. The van der Waals surface area contributed by atoms with Crippen molar-refractivity contribution in [3.05, 3.63) is 209 Å². The fourth-order valence-corrected chi connectivity index (χ4v) is 13.0. The van der Waals surface area contributed by atoms with Crippen molar-refractivity contribution in [2.45, 2.75) is 134 Å². The Morgan fingerprint density at radius 3 is 1.19 bits per heavy atom. The number of fused-ring (bicyclic) bond motifs is 2. The van der Waals surface area contributed by atoms with E-state index < -0.39 is 10.8 Å². The molecule has 0 aliphatic rings. The van der Waals surface area contributed by atoms with Gasteiger partial charge >= 0.3 is 11.9 Å². The molecule has 2 atom stereocenters. The molecule has 10 aromatic rings. The zero-order valence-corrected chi connectivity index (χ0v) is 52.8. The van der Waals surface area contributed by atoms with Gasteiger partial charge < -0.3 is 28.4 Å². The van der Waals surface area contributed by atoms with E-state index >= 15 is 0 Å². The average molecular weight is 1200 g/mol. The van der Waals surface area contributed by atoms with E-state index in [-0.39, 0.29) is 37.0 Å². The van der Waals surface area contributed by atoms with Gasteiger partial charge in [-0.3, -0.25) is 9.59 Å². The minimum absolute atomic E-state index is 0.208. The number of benzene rings is 6. The van der Waals surface area contributed by atoms with E-state index in [0.29, 0.717) is 26.4 Å². The number of rotatable bonds is 24. The van der Waals surface area contributed by atoms with Gasteiger partial charge in [0.05, 0.1) is 85.7 Å². The number of esters is 2. The molecule has 4 heterocycles. The maximum absolute atomic E-state index is 13.8. The Labute approximate surface area is 511 Å². The summed E-state index contributed by atoms with van der Waals surface area (Å²) in [4.78, 5) is 39.9. The van der Waals surface area contributed by atoms with Crippen LogP contribution >= 0.6 is 22.7 Å². The van der Waals surface area contributed by atoms with Crippen molar-refractivity contribution < 1.29 is 38.0 Å². The van der Waals surface area contributed by atoms with Gasteiger partial charge in [-0.15, -0.1) is 32.9 Å². The average Bonchev–Trinajstić information content (AvgIpc) is 1.59. The van der Waals surface area contributed by atoms with Crippen molar-refractivity contribution in [2.24, 2.45) is 10.8 Å². The van der Waals surface area contributed by atoms with Gasteiger partial charge in [0.2, 0.25) is 0 Å². The first-order valence-electron chi connectivity index (χ1n) is 28.9. The van der Waals surface area contributed by atoms with E-state index in [4.69, 9.17) is 38.4 Å². The summed E-state index contributed by atoms with van der Waals surface area (Å²) < 4.78 is 38.2. The highest BCUT2D eigenvalue weighted by Gasteiger charge is 2.45. The fraction of sp³-hybridized carbons (Fsp3) is 0.353. The summed E-state index contributed by atoms with van der Waals surface area (Å²) in [6.07, 6.45) is 0. The number of aromatic nitrogens is 8. The molecule has 0 aliphatic heterocycles. The fourth-order valence-electron chi connectivity index (χ4n) is 10.6. The van der Waals surface area contributed by atoms with Crippen LogP contribution in [-0.2, 0) is 81.3 Å². The molecule has 6 aromatic carbocycles. The van der Waals surface area contributed by atoms with Crippen LogP contribution in [0.3, 0.4) is 0 Å². The summed E-state index contributed by atoms with van der Waals surface area (Å²) in [6.45, 7) is 23.5. The Morgan fingerprint density at radius 2 is 0.837 bits per heavy atom. The number of hydrogen-bond acceptors (Lipinski definition) is 16. The van der Waals surface area contributed by atoms with Gasteiger partial charge in [-0.2, -0.15) is 0 Å². The number of hydrogen-bond donors (Lipinski definition) is 0. The molecule has 448 valence electrons. The summed E-state index contributed by atoms with van der Waals surface area (Å²) in [5.74, 6) is 0.305. The van der Waals surface area contributed by atoms with Crippen molar-refractivity contribution in [2.75, 3.05) is 14.2 Å². The highest BCUT2D eigenvalue weighted by atomic mass is 32.1. The summed E-state index contributed by atoms with van der Waals surface area (Å²) in [6, 6.07) is 43.4. The molecule has 0 amide bonds. The molecule has 0 bridgehead atoms. The largest absolute Gasteiger partial charge is 0.497 e. The third kappa shape index (κ3) is 14.1. The molecule has 0 spiro atoms. The molecule has 4 aromatic heterocycles. The topological polar surface area (TPSA) is 177 Å². The van der Waals surface area contributed by atoms with Crippen molar-refractivity contribution >= 4 is 56.7 Å². The zero-order valence-electron chi connectivity index (χ0n) is 51.2. The SMILES string of the molecule is CCn1nnc2c(C)c([C@H](c3nc(COCc4ccc(OC)cc4)c(C)s3)C(C)(C)C(=O)OCc3ccccc3)ccc21.CCn1nnc2c(C)c([C@H](c3nc(COCc4ccc(OC)cc4)c(C)s3)C(C)(C)C(=O)OCc3ccccc3)ccc21. The van der Waals surface area contributed by atoms with Gasteiger partial charge in [0.15, 0.2) is 0 Å². The first-order valence-corrected chi connectivity index (χ1v) is 30.5. The first kappa shape index (κ1) is 62.4. The number of nitrogens with zero attached hydrogens (tertiary/aromatic N) is 8. The second-order valence-electron chi connectivity index (χ2n) is 22.3. The number of aryl methyl sites for hydroxylation is 6. The van der Waals surface area contributed by atoms with Gasteiger partial charge in [0, 0.05) is 22.8 Å². The van der Waals surface area contributed by atoms with E-state index in [9.17, 15) is 9.59 Å². The molecular weight excluding hydrogens is 1120 g/mol. The minimum atomic E-state index is -0.931. The Hall–Kier alpha value is -8.16. The molecule has 10 rings (SSSR count).